The maximum Gasteiger partial charge on any atom is 0.230 e. The largest absolute Gasteiger partial charge is 0.484 e. The lowest BCUT2D eigenvalue weighted by Gasteiger charge is -2.22. The van der Waals surface area contributed by atoms with Gasteiger partial charge in [-0.05, 0) is 44.4 Å². The average molecular weight is 423 g/mol. The number of thioether (sulfide) groups is 1. The van der Waals surface area contributed by atoms with Crippen molar-refractivity contribution in [1.29, 1.82) is 0 Å². The Hall–Kier alpha value is -1.73. The van der Waals surface area contributed by atoms with E-state index in [0.29, 0.717) is 29.1 Å². The van der Waals surface area contributed by atoms with Gasteiger partial charge in [0.1, 0.15) is 12.4 Å². The van der Waals surface area contributed by atoms with E-state index < -0.39 is 0 Å². The highest BCUT2D eigenvalue weighted by Crippen LogP contribution is 2.26. The summed E-state index contributed by atoms with van der Waals surface area (Å²) in [5, 5.41) is 12.9. The molecule has 28 heavy (non-hydrogen) atoms. The van der Waals surface area contributed by atoms with E-state index in [9.17, 15) is 4.79 Å². The van der Waals surface area contributed by atoms with Gasteiger partial charge in [0.25, 0.3) is 0 Å². The first-order chi connectivity index (χ1) is 13.6. The van der Waals surface area contributed by atoms with Gasteiger partial charge in [-0.2, -0.15) is 0 Å². The van der Waals surface area contributed by atoms with Crippen LogP contribution in [0.1, 0.15) is 50.4 Å². The van der Waals surface area contributed by atoms with Gasteiger partial charge in [0, 0.05) is 12.6 Å². The summed E-state index contributed by atoms with van der Waals surface area (Å²) in [5.74, 6) is 1.76. The lowest BCUT2D eigenvalue weighted by atomic mass is 9.95. The zero-order valence-electron chi connectivity index (χ0n) is 16.4. The van der Waals surface area contributed by atoms with Crippen molar-refractivity contribution in [1.82, 2.24) is 20.1 Å². The monoisotopic (exact) mass is 422 g/mol. The molecule has 3 rings (SSSR count). The second-order valence-electron chi connectivity index (χ2n) is 7.06. The predicted octanol–water partition coefficient (Wildman–Crippen LogP) is 4.38. The van der Waals surface area contributed by atoms with Gasteiger partial charge in [-0.25, -0.2) is 0 Å². The summed E-state index contributed by atoms with van der Waals surface area (Å²) in [6, 6.07) is 5.99. The second-order valence-corrected chi connectivity index (χ2v) is 8.41. The number of hydrogen-bond donors (Lipinski definition) is 1. The number of nitrogens with zero attached hydrogens (tertiary/aromatic N) is 3. The number of carbonyl (C=O) groups excluding carboxylic acids is 1. The van der Waals surface area contributed by atoms with E-state index in [1.54, 1.807) is 0 Å². The van der Waals surface area contributed by atoms with Crippen LogP contribution in [0.2, 0.25) is 5.02 Å². The Morgan fingerprint density at radius 3 is 2.86 bits per heavy atom. The van der Waals surface area contributed by atoms with Crippen molar-refractivity contribution in [2.75, 3.05) is 5.75 Å². The smallest absolute Gasteiger partial charge is 0.230 e. The van der Waals surface area contributed by atoms with E-state index in [2.05, 4.69) is 15.5 Å². The number of halogens is 1. The van der Waals surface area contributed by atoms with Crippen LogP contribution < -0.4 is 10.1 Å². The van der Waals surface area contributed by atoms with Gasteiger partial charge in [-0.1, -0.05) is 48.7 Å². The van der Waals surface area contributed by atoms with Crippen molar-refractivity contribution in [3.05, 3.63) is 34.6 Å². The first-order valence-corrected chi connectivity index (χ1v) is 11.2. The van der Waals surface area contributed by atoms with Crippen LogP contribution in [-0.2, 0) is 17.9 Å². The van der Waals surface area contributed by atoms with Crippen LogP contribution in [0.3, 0.4) is 0 Å². The number of aromatic nitrogens is 3. The topological polar surface area (TPSA) is 69.0 Å². The van der Waals surface area contributed by atoms with Crippen LogP contribution >= 0.6 is 23.4 Å². The maximum absolute atomic E-state index is 12.2. The van der Waals surface area contributed by atoms with E-state index >= 15 is 0 Å². The Bertz CT molecular complexity index is 805. The molecule has 0 atom stereocenters. The molecule has 1 fully saturated rings. The minimum absolute atomic E-state index is 0.0619. The van der Waals surface area contributed by atoms with Gasteiger partial charge in [0.15, 0.2) is 11.0 Å². The molecule has 8 heteroatoms. The van der Waals surface area contributed by atoms with Crippen LogP contribution in [0.5, 0.6) is 5.75 Å². The highest BCUT2D eigenvalue weighted by Gasteiger charge is 2.18. The average Bonchev–Trinajstić information content (AvgIpc) is 3.09. The standard InChI is InChI=1S/C20H27ClN4O2S/c1-3-25-18(12-27-17-11-14(2)9-10-16(17)21)23-24-20(25)28-13-19(26)22-15-7-5-4-6-8-15/h9-11,15H,3-8,12-13H2,1-2H3,(H,22,26). The Morgan fingerprint density at radius 1 is 1.32 bits per heavy atom. The predicted molar refractivity (Wildman–Crippen MR) is 112 cm³/mol. The van der Waals surface area contributed by atoms with Crippen molar-refractivity contribution in [2.45, 2.75) is 70.3 Å². The van der Waals surface area contributed by atoms with E-state index in [1.807, 2.05) is 36.6 Å². The first kappa shape index (κ1) is 21.0. The molecular formula is C20H27ClN4O2S. The molecule has 1 aromatic carbocycles. The van der Waals surface area contributed by atoms with Gasteiger partial charge in [-0.3, -0.25) is 4.79 Å². The molecule has 1 amide bonds. The van der Waals surface area contributed by atoms with Crippen molar-refractivity contribution in [2.24, 2.45) is 0 Å². The Labute approximate surface area is 175 Å². The molecule has 1 heterocycles. The molecule has 1 N–H and O–H groups in total. The first-order valence-electron chi connectivity index (χ1n) is 9.80. The van der Waals surface area contributed by atoms with E-state index in [4.69, 9.17) is 16.3 Å². The fourth-order valence-electron chi connectivity index (χ4n) is 3.36. The zero-order valence-corrected chi connectivity index (χ0v) is 18.0. The normalized spacial score (nSPS) is 14.8. The molecule has 152 valence electrons. The van der Waals surface area contributed by atoms with Crippen LogP contribution in [0.4, 0.5) is 0 Å². The Kier molecular flexibility index (Phi) is 7.62. The van der Waals surface area contributed by atoms with E-state index in [1.165, 1.54) is 31.0 Å². The molecule has 0 radical (unpaired) electrons. The summed E-state index contributed by atoms with van der Waals surface area (Å²) in [6.07, 6.45) is 5.86. The van der Waals surface area contributed by atoms with Crippen molar-refractivity contribution in [3.8, 4) is 5.75 Å². The molecular weight excluding hydrogens is 396 g/mol. The van der Waals surface area contributed by atoms with E-state index in [0.717, 1.165) is 29.4 Å². The fourth-order valence-corrected chi connectivity index (χ4v) is 4.36. The van der Waals surface area contributed by atoms with Gasteiger partial charge in [0.05, 0.1) is 10.8 Å². The third-order valence-electron chi connectivity index (χ3n) is 4.86. The molecule has 0 bridgehead atoms. The maximum atomic E-state index is 12.2. The molecule has 0 aliphatic heterocycles. The summed E-state index contributed by atoms with van der Waals surface area (Å²) in [4.78, 5) is 12.2. The van der Waals surface area contributed by atoms with E-state index in [-0.39, 0.29) is 12.5 Å². The summed E-state index contributed by atoms with van der Waals surface area (Å²) < 4.78 is 7.82. The molecule has 0 spiro atoms. The third kappa shape index (κ3) is 5.64. The van der Waals surface area contributed by atoms with Crippen molar-refractivity contribution in [3.63, 3.8) is 0 Å². The lowest BCUT2D eigenvalue weighted by Crippen LogP contribution is -2.37. The fraction of sp³-hybridized carbons (Fsp3) is 0.550. The molecule has 6 nitrogen and oxygen atoms in total. The lowest BCUT2D eigenvalue weighted by molar-refractivity contribution is -0.119. The molecule has 2 aromatic rings. The van der Waals surface area contributed by atoms with Crippen LogP contribution in [-0.4, -0.2) is 32.5 Å². The number of rotatable bonds is 8. The molecule has 0 saturated heterocycles. The quantitative estimate of drug-likeness (QED) is 0.639. The molecule has 1 aliphatic carbocycles. The van der Waals surface area contributed by atoms with Crippen molar-refractivity contribution < 1.29 is 9.53 Å². The summed E-state index contributed by atoms with van der Waals surface area (Å²) in [6.45, 7) is 5.00. The summed E-state index contributed by atoms with van der Waals surface area (Å²) in [5.41, 5.74) is 1.08. The SMILES string of the molecule is CCn1c(COc2cc(C)ccc2Cl)nnc1SCC(=O)NC1CCCCC1. The zero-order chi connectivity index (χ0) is 19.9. The van der Waals surface area contributed by atoms with Gasteiger partial charge < -0.3 is 14.6 Å². The van der Waals surface area contributed by atoms with Gasteiger partial charge >= 0.3 is 0 Å². The number of benzene rings is 1. The highest BCUT2D eigenvalue weighted by atomic mass is 35.5. The summed E-state index contributed by atoms with van der Waals surface area (Å²) >= 11 is 7.60. The minimum atomic E-state index is 0.0619. The Morgan fingerprint density at radius 2 is 2.11 bits per heavy atom. The molecule has 1 aliphatic rings. The van der Waals surface area contributed by atoms with Crippen LogP contribution in [0.25, 0.3) is 0 Å². The van der Waals surface area contributed by atoms with Crippen molar-refractivity contribution >= 4 is 29.3 Å². The third-order valence-corrected chi connectivity index (χ3v) is 6.13. The van der Waals surface area contributed by atoms with Crippen LogP contribution in [0.15, 0.2) is 23.4 Å². The number of nitrogens with one attached hydrogen (secondary N) is 1. The number of hydrogen-bond acceptors (Lipinski definition) is 5. The van der Waals surface area contributed by atoms with Gasteiger partial charge in [0.2, 0.25) is 5.91 Å². The summed E-state index contributed by atoms with van der Waals surface area (Å²) in [7, 11) is 0. The van der Waals surface area contributed by atoms with Crippen LogP contribution in [0, 0.1) is 6.92 Å². The number of aryl methyl sites for hydroxylation is 1. The molecule has 0 unspecified atom stereocenters. The number of ether oxygens (including phenoxy) is 1. The number of carbonyl (C=O) groups is 1. The highest BCUT2D eigenvalue weighted by molar-refractivity contribution is 7.99. The minimum Gasteiger partial charge on any atom is -0.484 e. The Balaban J connectivity index is 1.55. The second kappa shape index (κ2) is 10.2. The molecule has 1 aromatic heterocycles. The molecule has 1 saturated carbocycles. The number of amides is 1. The van der Waals surface area contributed by atoms with Gasteiger partial charge in [-0.15, -0.1) is 10.2 Å².